The first-order valence-electron chi connectivity index (χ1n) is 17.8. The predicted molar refractivity (Wildman–Crippen MR) is 225 cm³/mol. The van der Waals surface area contributed by atoms with Gasteiger partial charge in [-0.05, 0) is 80.6 Å². The fourth-order valence-corrected chi connectivity index (χ4v) is 9.01. The van der Waals surface area contributed by atoms with Gasteiger partial charge in [0.25, 0.3) is 0 Å². The van der Waals surface area contributed by atoms with Crippen LogP contribution in [0.1, 0.15) is 0 Å². The second-order valence-electron chi connectivity index (χ2n) is 13.3. The lowest BCUT2D eigenvalue weighted by molar-refractivity contribution is 1.32. The summed E-state index contributed by atoms with van der Waals surface area (Å²) in [5, 5.41) is 7.59. The molecule has 10 aromatic rings. The zero-order chi connectivity index (χ0) is 34.4. The summed E-state index contributed by atoms with van der Waals surface area (Å²) in [7, 11) is 0. The average molecular weight is 680 g/mol. The maximum Gasteiger partial charge on any atom is 0.0555 e. The molecule has 2 heteroatoms. The minimum atomic E-state index is 1.12. The van der Waals surface area contributed by atoms with Gasteiger partial charge < -0.3 is 4.90 Å². The zero-order valence-corrected chi connectivity index (χ0v) is 29.2. The third-order valence-electron chi connectivity index (χ3n) is 10.3. The van der Waals surface area contributed by atoms with Crippen LogP contribution >= 0.6 is 11.3 Å². The van der Waals surface area contributed by atoms with Gasteiger partial charge in [0.15, 0.2) is 0 Å². The van der Waals surface area contributed by atoms with Crippen molar-refractivity contribution in [2.24, 2.45) is 0 Å². The Morgan fingerprint density at radius 2 is 0.865 bits per heavy atom. The van der Waals surface area contributed by atoms with E-state index >= 15 is 0 Å². The van der Waals surface area contributed by atoms with Gasteiger partial charge in [0.2, 0.25) is 0 Å². The van der Waals surface area contributed by atoms with Crippen LogP contribution in [0.2, 0.25) is 0 Å². The molecule has 0 fully saturated rings. The van der Waals surface area contributed by atoms with Crippen molar-refractivity contribution < 1.29 is 0 Å². The van der Waals surface area contributed by atoms with E-state index in [4.69, 9.17) is 0 Å². The summed E-state index contributed by atoms with van der Waals surface area (Å²) >= 11 is 1.89. The highest BCUT2D eigenvalue weighted by atomic mass is 32.1. The fraction of sp³-hybridized carbons (Fsp3) is 0. The molecule has 0 spiro atoms. The Morgan fingerprint density at radius 3 is 1.58 bits per heavy atom. The Labute approximate surface area is 307 Å². The van der Waals surface area contributed by atoms with Crippen molar-refractivity contribution in [1.82, 2.24) is 0 Å². The van der Waals surface area contributed by atoms with Crippen molar-refractivity contribution in [3.63, 3.8) is 0 Å². The van der Waals surface area contributed by atoms with Crippen molar-refractivity contribution in [3.8, 4) is 33.4 Å². The molecule has 0 amide bonds. The van der Waals surface area contributed by atoms with E-state index in [-0.39, 0.29) is 0 Å². The molecule has 0 saturated carbocycles. The number of thiophene rings is 1. The normalized spacial score (nSPS) is 11.5. The highest BCUT2D eigenvalue weighted by Crippen LogP contribution is 2.49. The third kappa shape index (κ3) is 5.16. The largest absolute Gasteiger partial charge is 0.309 e. The molecule has 0 unspecified atom stereocenters. The van der Waals surface area contributed by atoms with E-state index in [9.17, 15) is 0 Å². The van der Waals surface area contributed by atoms with E-state index in [1.807, 2.05) is 11.3 Å². The van der Waals surface area contributed by atoms with Crippen LogP contribution in [0.25, 0.3) is 75.1 Å². The molecule has 0 N–H and O–H groups in total. The van der Waals surface area contributed by atoms with E-state index < -0.39 is 0 Å². The van der Waals surface area contributed by atoms with Crippen LogP contribution in [0.5, 0.6) is 0 Å². The maximum absolute atomic E-state index is 2.47. The van der Waals surface area contributed by atoms with Gasteiger partial charge in [-0.25, -0.2) is 0 Å². The van der Waals surface area contributed by atoms with E-state index in [0.29, 0.717) is 0 Å². The van der Waals surface area contributed by atoms with Crippen LogP contribution in [0.3, 0.4) is 0 Å². The molecule has 1 aromatic heterocycles. The van der Waals surface area contributed by atoms with Gasteiger partial charge >= 0.3 is 0 Å². The molecular formula is C50H33NS. The SMILES string of the molecule is c1ccc(-c2ccc(-c3ccc(N(c4cccc5ccccc45)c4cccc5sc6c7ccccc7c(-c7ccccc7)cc6c45)cc3)cc2)cc1. The lowest BCUT2D eigenvalue weighted by Crippen LogP contribution is -2.10. The monoisotopic (exact) mass is 679 g/mol. The molecule has 0 aliphatic rings. The summed E-state index contributed by atoms with van der Waals surface area (Å²) in [5.74, 6) is 0. The van der Waals surface area contributed by atoms with Crippen molar-refractivity contribution in [2.75, 3.05) is 4.90 Å². The van der Waals surface area contributed by atoms with Gasteiger partial charge in [-0.2, -0.15) is 0 Å². The Morgan fingerprint density at radius 1 is 0.346 bits per heavy atom. The number of hydrogen-bond donors (Lipinski definition) is 0. The van der Waals surface area contributed by atoms with Crippen molar-refractivity contribution in [3.05, 3.63) is 200 Å². The molecule has 52 heavy (non-hydrogen) atoms. The minimum absolute atomic E-state index is 1.12. The molecule has 1 heterocycles. The highest BCUT2D eigenvalue weighted by Gasteiger charge is 2.22. The van der Waals surface area contributed by atoms with Crippen LogP contribution in [0.4, 0.5) is 17.1 Å². The van der Waals surface area contributed by atoms with Gasteiger partial charge in [-0.1, -0.05) is 164 Å². The van der Waals surface area contributed by atoms with Crippen molar-refractivity contribution in [1.29, 1.82) is 0 Å². The number of nitrogens with zero attached hydrogens (tertiary/aromatic N) is 1. The lowest BCUT2D eigenvalue weighted by atomic mass is 9.95. The number of benzene rings is 9. The van der Waals surface area contributed by atoms with Crippen LogP contribution in [0.15, 0.2) is 200 Å². The fourth-order valence-electron chi connectivity index (χ4n) is 7.77. The van der Waals surface area contributed by atoms with Crippen LogP contribution in [0, 0.1) is 0 Å². The molecule has 1 nitrogen and oxygen atoms in total. The number of anilines is 3. The lowest BCUT2D eigenvalue weighted by Gasteiger charge is -2.28. The second kappa shape index (κ2) is 12.7. The molecule has 0 radical (unpaired) electrons. The average Bonchev–Trinajstić information content (AvgIpc) is 3.61. The minimum Gasteiger partial charge on any atom is -0.309 e. The highest BCUT2D eigenvalue weighted by molar-refractivity contribution is 7.26. The van der Waals surface area contributed by atoms with Crippen molar-refractivity contribution >= 4 is 70.1 Å². The second-order valence-corrected chi connectivity index (χ2v) is 14.3. The first kappa shape index (κ1) is 30.4. The Balaban J connectivity index is 1.18. The molecule has 0 bridgehead atoms. The van der Waals surface area contributed by atoms with Gasteiger partial charge in [0, 0.05) is 36.6 Å². The Kier molecular flexibility index (Phi) is 7.41. The Hall–Kier alpha value is -6.48. The predicted octanol–water partition coefficient (Wildman–Crippen LogP) is 14.8. The first-order chi connectivity index (χ1) is 25.8. The van der Waals surface area contributed by atoms with Gasteiger partial charge in [0.05, 0.1) is 11.4 Å². The summed E-state index contributed by atoms with van der Waals surface area (Å²) in [6.45, 7) is 0. The van der Waals surface area contributed by atoms with Gasteiger partial charge in [0.1, 0.15) is 0 Å². The summed E-state index contributed by atoms with van der Waals surface area (Å²) in [6, 6.07) is 72.8. The Bertz CT molecular complexity index is 2870. The molecule has 10 rings (SSSR count). The molecule has 0 atom stereocenters. The van der Waals surface area contributed by atoms with Crippen LogP contribution < -0.4 is 4.90 Å². The molecule has 0 saturated heterocycles. The van der Waals surface area contributed by atoms with E-state index in [0.717, 1.165) is 11.4 Å². The molecule has 9 aromatic carbocycles. The molecule has 244 valence electrons. The van der Waals surface area contributed by atoms with Gasteiger partial charge in [-0.15, -0.1) is 11.3 Å². The van der Waals surface area contributed by atoms with E-state index in [1.54, 1.807) is 0 Å². The third-order valence-corrected chi connectivity index (χ3v) is 11.5. The summed E-state index contributed by atoms with van der Waals surface area (Å²) < 4.78 is 2.60. The summed E-state index contributed by atoms with van der Waals surface area (Å²) in [5.41, 5.74) is 10.8. The van der Waals surface area contributed by atoms with Gasteiger partial charge in [-0.3, -0.25) is 0 Å². The van der Waals surface area contributed by atoms with Crippen LogP contribution in [-0.4, -0.2) is 0 Å². The standard InChI is InChI=1S/C50H33NS/c1-3-13-34(14-4-1)35-25-27-36(28-26-35)37-29-31-40(32-30-37)51(46-22-11-18-38-17-7-8-19-41(38)46)47-23-12-24-48-49(47)45-33-44(39-15-5-2-6-16-39)42-20-9-10-21-43(42)50(45)52-48/h1-33H. The number of rotatable bonds is 6. The molecular weight excluding hydrogens is 647 g/mol. The smallest absolute Gasteiger partial charge is 0.0555 e. The number of hydrogen-bond acceptors (Lipinski definition) is 2. The van der Waals surface area contributed by atoms with Crippen molar-refractivity contribution in [2.45, 2.75) is 0 Å². The first-order valence-corrected chi connectivity index (χ1v) is 18.6. The quantitative estimate of drug-likeness (QED) is 0.169. The molecule has 0 aliphatic carbocycles. The topological polar surface area (TPSA) is 3.24 Å². The maximum atomic E-state index is 2.47. The zero-order valence-electron chi connectivity index (χ0n) is 28.4. The van der Waals surface area contributed by atoms with E-state index in [2.05, 4.69) is 205 Å². The number of fused-ring (bicyclic) bond motifs is 6. The van der Waals surface area contributed by atoms with Crippen LogP contribution in [-0.2, 0) is 0 Å². The molecule has 0 aliphatic heterocycles. The van der Waals surface area contributed by atoms with E-state index in [1.165, 1.54) is 80.8 Å². The summed E-state index contributed by atoms with van der Waals surface area (Å²) in [6.07, 6.45) is 0. The summed E-state index contributed by atoms with van der Waals surface area (Å²) in [4.78, 5) is 2.47.